The van der Waals surface area contributed by atoms with Gasteiger partial charge in [-0.15, -0.1) is 0 Å². The van der Waals surface area contributed by atoms with Crippen LogP contribution in [0.15, 0.2) is 0 Å². The molecule has 0 rings (SSSR count). The fourth-order valence-electron chi connectivity index (χ4n) is 0.504. The fraction of sp³-hybridized carbons (Fsp3) is 0.750. The van der Waals surface area contributed by atoms with E-state index in [2.05, 4.69) is 34.1 Å². The third kappa shape index (κ3) is 6.00. The largest absolute Gasteiger partial charge is 0.0625 e. The van der Waals surface area contributed by atoms with Gasteiger partial charge in [0.1, 0.15) is 0 Å². The van der Waals surface area contributed by atoms with Crippen molar-refractivity contribution in [1.82, 2.24) is 0 Å². The maximum absolute atomic E-state index is 3.88. The Kier molecular flexibility index (Phi) is 3.94. The highest BCUT2D eigenvalue weighted by molar-refractivity contribution is 4.72. The first-order valence-electron chi connectivity index (χ1n) is 3.29. The quantitative estimate of drug-likeness (QED) is 0.526. The molecule has 0 aliphatic carbocycles. The van der Waals surface area contributed by atoms with E-state index in [1.807, 2.05) is 0 Å². The van der Waals surface area contributed by atoms with Gasteiger partial charge < -0.3 is 0 Å². The summed E-state index contributed by atoms with van der Waals surface area (Å²) in [6.07, 6.45) is 3.45. The Labute approximate surface area is 53.3 Å². The zero-order chi connectivity index (χ0) is 6.57. The molecule has 0 aliphatic heterocycles. The van der Waals surface area contributed by atoms with Gasteiger partial charge in [0.15, 0.2) is 0 Å². The van der Waals surface area contributed by atoms with Gasteiger partial charge >= 0.3 is 0 Å². The zero-order valence-corrected chi connectivity index (χ0v) is 6.15. The van der Waals surface area contributed by atoms with Crippen LogP contribution in [0.4, 0.5) is 0 Å². The average Bonchev–Trinajstić information content (AvgIpc) is 1.61. The van der Waals surface area contributed by atoms with Crippen LogP contribution in [0.25, 0.3) is 0 Å². The van der Waals surface area contributed by atoms with Crippen LogP contribution in [0.5, 0.6) is 0 Å². The first-order valence-corrected chi connectivity index (χ1v) is 3.29. The van der Waals surface area contributed by atoms with Crippen molar-refractivity contribution in [2.75, 3.05) is 0 Å². The first-order chi connectivity index (χ1) is 3.63. The third-order valence-electron chi connectivity index (χ3n) is 1.01. The molecule has 1 unspecified atom stereocenters. The van der Waals surface area contributed by atoms with Crippen LogP contribution in [0, 0.1) is 25.2 Å². The van der Waals surface area contributed by atoms with Gasteiger partial charge in [-0.3, -0.25) is 0 Å². The van der Waals surface area contributed by atoms with Crippen molar-refractivity contribution in [3.05, 3.63) is 13.3 Å². The number of hydrogen-bond donors (Lipinski definition) is 0. The van der Waals surface area contributed by atoms with Crippen LogP contribution in [-0.2, 0) is 0 Å². The Balaban J connectivity index is 2.93. The second kappa shape index (κ2) is 3.94. The van der Waals surface area contributed by atoms with Gasteiger partial charge in [-0.25, -0.2) is 0 Å². The molecule has 0 N–H and O–H groups in total. The lowest BCUT2D eigenvalue weighted by Gasteiger charge is -2.05. The topological polar surface area (TPSA) is 0 Å². The third-order valence-corrected chi connectivity index (χ3v) is 1.01. The lowest BCUT2D eigenvalue weighted by Crippen LogP contribution is -1.93. The van der Waals surface area contributed by atoms with Crippen molar-refractivity contribution in [2.24, 2.45) is 11.8 Å². The average molecular weight is 112 g/mol. The molecule has 0 aliphatic rings. The second-order valence-corrected chi connectivity index (χ2v) is 2.82. The molecule has 0 bridgehead atoms. The van der Waals surface area contributed by atoms with Crippen LogP contribution in [0.3, 0.4) is 0 Å². The number of hydrogen-bond acceptors (Lipinski definition) is 0. The summed E-state index contributed by atoms with van der Waals surface area (Å²) < 4.78 is 0. The molecule has 0 aromatic rings. The highest BCUT2D eigenvalue weighted by atomic mass is 14.0. The van der Waals surface area contributed by atoms with Crippen LogP contribution >= 0.6 is 0 Å². The van der Waals surface area contributed by atoms with E-state index < -0.39 is 0 Å². The van der Waals surface area contributed by atoms with Crippen molar-refractivity contribution in [3.8, 4) is 0 Å². The van der Waals surface area contributed by atoms with Crippen LogP contribution < -0.4 is 0 Å². The van der Waals surface area contributed by atoms with E-state index in [9.17, 15) is 0 Å². The monoisotopic (exact) mass is 112 g/mol. The molecule has 1 atom stereocenters. The minimum atomic E-state index is 0.581. The summed E-state index contributed by atoms with van der Waals surface area (Å²) in [7, 11) is 0. The van der Waals surface area contributed by atoms with E-state index in [1.165, 1.54) is 0 Å². The van der Waals surface area contributed by atoms with E-state index in [0.717, 1.165) is 12.3 Å². The van der Waals surface area contributed by atoms with Gasteiger partial charge in [0.25, 0.3) is 0 Å². The van der Waals surface area contributed by atoms with Crippen molar-refractivity contribution in [2.45, 2.75) is 27.2 Å². The van der Waals surface area contributed by atoms with E-state index in [4.69, 9.17) is 0 Å². The van der Waals surface area contributed by atoms with Gasteiger partial charge in [0, 0.05) is 0 Å². The van der Waals surface area contributed by atoms with Crippen LogP contribution in [-0.4, -0.2) is 0 Å². The highest BCUT2D eigenvalue weighted by Gasteiger charge is 1.96. The number of rotatable bonds is 3. The SMILES string of the molecule is [CH2]C(C)C[CH]C(C)C. The summed E-state index contributed by atoms with van der Waals surface area (Å²) in [4.78, 5) is 0. The Bertz CT molecular complexity index is 36.0. The van der Waals surface area contributed by atoms with E-state index >= 15 is 0 Å². The molecule has 0 aromatic heterocycles. The molecule has 0 saturated carbocycles. The van der Waals surface area contributed by atoms with Crippen LogP contribution in [0.1, 0.15) is 27.2 Å². The molecule has 0 fully saturated rings. The lowest BCUT2D eigenvalue weighted by atomic mass is 10.0. The molecule has 0 saturated heterocycles. The summed E-state index contributed by atoms with van der Waals surface area (Å²) in [5.41, 5.74) is 0. The van der Waals surface area contributed by atoms with Gasteiger partial charge in [0.05, 0.1) is 0 Å². The standard InChI is InChI=1S/C8H16/c1-7(2)5-6-8(3)4/h6-8H,1,5H2,2-4H3. The van der Waals surface area contributed by atoms with Gasteiger partial charge in [-0.1, -0.05) is 27.7 Å². The van der Waals surface area contributed by atoms with E-state index in [1.54, 1.807) is 0 Å². The summed E-state index contributed by atoms with van der Waals surface area (Å²) >= 11 is 0. The molecule has 48 valence electrons. The predicted octanol–water partition coefficient (Wildman–Crippen LogP) is 2.71. The summed E-state index contributed by atoms with van der Waals surface area (Å²) in [5.74, 6) is 1.30. The van der Waals surface area contributed by atoms with Crippen molar-refractivity contribution < 1.29 is 0 Å². The smallest absolute Gasteiger partial charge is 0.0358 e. The van der Waals surface area contributed by atoms with Gasteiger partial charge in [-0.05, 0) is 24.7 Å². The zero-order valence-electron chi connectivity index (χ0n) is 6.15. The molecule has 2 radical (unpaired) electrons. The van der Waals surface area contributed by atoms with Gasteiger partial charge in [0.2, 0.25) is 0 Å². The molecule has 0 heteroatoms. The maximum atomic E-state index is 3.88. The molecule has 0 heterocycles. The van der Waals surface area contributed by atoms with Crippen LogP contribution in [0.2, 0.25) is 0 Å². The minimum Gasteiger partial charge on any atom is -0.0625 e. The molecule has 0 aromatic carbocycles. The Morgan fingerprint density at radius 3 is 2.00 bits per heavy atom. The van der Waals surface area contributed by atoms with E-state index in [0.29, 0.717) is 5.92 Å². The maximum Gasteiger partial charge on any atom is -0.0358 e. The molecule has 0 amide bonds. The fourth-order valence-corrected chi connectivity index (χ4v) is 0.504. The van der Waals surface area contributed by atoms with Crippen molar-refractivity contribution in [3.63, 3.8) is 0 Å². The summed E-state index contributed by atoms with van der Waals surface area (Å²) in [5, 5.41) is 0. The molecular formula is C8H16. The molecular weight excluding hydrogens is 96.1 g/mol. The Morgan fingerprint density at radius 1 is 1.38 bits per heavy atom. The van der Waals surface area contributed by atoms with Gasteiger partial charge in [-0.2, -0.15) is 0 Å². The van der Waals surface area contributed by atoms with Crippen molar-refractivity contribution in [1.29, 1.82) is 0 Å². The first kappa shape index (κ1) is 8.00. The van der Waals surface area contributed by atoms with E-state index in [-0.39, 0.29) is 0 Å². The summed E-state index contributed by atoms with van der Waals surface area (Å²) in [6.45, 7) is 10.4. The lowest BCUT2D eigenvalue weighted by molar-refractivity contribution is 0.621. The molecule has 0 nitrogen and oxygen atoms in total. The second-order valence-electron chi connectivity index (χ2n) is 2.82. The Morgan fingerprint density at radius 2 is 1.88 bits per heavy atom. The Hall–Kier alpha value is 0. The minimum absolute atomic E-state index is 0.581. The normalized spacial score (nSPS) is 11.2. The predicted molar refractivity (Wildman–Crippen MR) is 38.3 cm³/mol. The highest BCUT2D eigenvalue weighted by Crippen LogP contribution is 2.08. The molecule has 8 heavy (non-hydrogen) atoms. The molecule has 0 spiro atoms. The van der Waals surface area contributed by atoms with Crippen molar-refractivity contribution >= 4 is 0 Å². The summed E-state index contributed by atoms with van der Waals surface area (Å²) in [6, 6.07) is 0.